The van der Waals surface area contributed by atoms with Crippen LogP contribution in [0.25, 0.3) is 0 Å². The van der Waals surface area contributed by atoms with Gasteiger partial charge in [0.1, 0.15) is 6.17 Å². The molecule has 1 aliphatic carbocycles. The summed E-state index contributed by atoms with van der Waals surface area (Å²) in [5.41, 5.74) is 0.604. The van der Waals surface area contributed by atoms with Crippen molar-refractivity contribution < 1.29 is 13.6 Å². The molecule has 0 spiro atoms. The topological polar surface area (TPSA) is 32.3 Å². The van der Waals surface area contributed by atoms with Gasteiger partial charge in [-0.05, 0) is 36.5 Å². The van der Waals surface area contributed by atoms with Crippen LogP contribution >= 0.6 is 0 Å². The maximum Gasteiger partial charge on any atom is 0.241 e. The predicted octanol–water partition coefficient (Wildman–Crippen LogP) is 2.58. The van der Waals surface area contributed by atoms with Gasteiger partial charge >= 0.3 is 0 Å². The molecule has 2 unspecified atom stereocenters. The smallest absolute Gasteiger partial charge is 0.241 e. The van der Waals surface area contributed by atoms with Crippen molar-refractivity contribution in [3.8, 4) is 0 Å². The minimum absolute atomic E-state index is 0.0669. The number of amides is 1. The van der Waals surface area contributed by atoms with E-state index in [9.17, 15) is 13.6 Å². The van der Waals surface area contributed by atoms with E-state index in [1.54, 1.807) is 11.0 Å². The van der Waals surface area contributed by atoms with E-state index in [-0.39, 0.29) is 30.1 Å². The van der Waals surface area contributed by atoms with Crippen LogP contribution < -0.4 is 5.32 Å². The van der Waals surface area contributed by atoms with E-state index in [1.807, 2.05) is 13.8 Å². The zero-order valence-electron chi connectivity index (χ0n) is 11.6. The second kappa shape index (κ2) is 4.81. The molecule has 1 saturated heterocycles. The Labute approximate surface area is 117 Å². The molecule has 5 heteroatoms. The average molecular weight is 280 g/mol. The molecule has 1 aromatic rings. The van der Waals surface area contributed by atoms with Gasteiger partial charge in [0.2, 0.25) is 5.91 Å². The lowest BCUT2D eigenvalue weighted by atomic mass is 10.1. The van der Waals surface area contributed by atoms with E-state index in [1.165, 1.54) is 6.07 Å². The van der Waals surface area contributed by atoms with Gasteiger partial charge in [-0.2, -0.15) is 0 Å². The molecular weight excluding hydrogens is 262 g/mol. The SMILES string of the molecule is CC(C)C1NC(c2ccc(F)c(F)c2)N(C2CC2)C1=O. The first-order valence-electron chi connectivity index (χ1n) is 7.02. The number of nitrogens with one attached hydrogen (secondary N) is 1. The Hall–Kier alpha value is -1.49. The number of hydrogen-bond donors (Lipinski definition) is 1. The first-order chi connectivity index (χ1) is 9.49. The molecule has 0 aromatic heterocycles. The summed E-state index contributed by atoms with van der Waals surface area (Å²) in [6.45, 7) is 3.96. The molecule has 3 rings (SSSR count). The van der Waals surface area contributed by atoms with Gasteiger partial charge in [-0.25, -0.2) is 8.78 Å². The molecule has 2 atom stereocenters. The summed E-state index contributed by atoms with van der Waals surface area (Å²) < 4.78 is 26.5. The van der Waals surface area contributed by atoms with Crippen molar-refractivity contribution in [2.24, 2.45) is 5.92 Å². The van der Waals surface area contributed by atoms with Gasteiger partial charge in [-0.1, -0.05) is 19.9 Å². The summed E-state index contributed by atoms with van der Waals surface area (Å²) >= 11 is 0. The lowest BCUT2D eigenvalue weighted by Crippen LogP contribution is -2.35. The van der Waals surface area contributed by atoms with Crippen LogP contribution in [0.3, 0.4) is 0 Å². The zero-order chi connectivity index (χ0) is 14.4. The monoisotopic (exact) mass is 280 g/mol. The molecule has 1 aliphatic heterocycles. The number of carbonyl (C=O) groups is 1. The Morgan fingerprint density at radius 3 is 2.50 bits per heavy atom. The Morgan fingerprint density at radius 2 is 1.95 bits per heavy atom. The molecule has 0 radical (unpaired) electrons. The number of hydrogen-bond acceptors (Lipinski definition) is 2. The number of rotatable bonds is 3. The second-order valence-electron chi connectivity index (χ2n) is 5.94. The third-order valence-corrected chi connectivity index (χ3v) is 4.00. The molecule has 1 saturated carbocycles. The van der Waals surface area contributed by atoms with Gasteiger partial charge < -0.3 is 4.90 Å². The van der Waals surface area contributed by atoms with Crippen LogP contribution in [0.15, 0.2) is 18.2 Å². The standard InChI is InChI=1S/C15H18F2N2O/c1-8(2)13-15(20)19(10-4-5-10)14(18-13)9-3-6-11(16)12(17)7-9/h3,6-8,10,13-14,18H,4-5H2,1-2H3. The average Bonchev–Trinajstić information content (AvgIpc) is 3.16. The van der Waals surface area contributed by atoms with Crippen molar-refractivity contribution in [3.05, 3.63) is 35.4 Å². The largest absolute Gasteiger partial charge is 0.319 e. The summed E-state index contributed by atoms with van der Waals surface area (Å²) in [6, 6.07) is 3.82. The molecule has 20 heavy (non-hydrogen) atoms. The molecule has 2 aliphatic rings. The van der Waals surface area contributed by atoms with Crippen LogP contribution in [0.2, 0.25) is 0 Å². The van der Waals surface area contributed by atoms with E-state index in [2.05, 4.69) is 5.32 Å². The highest BCUT2D eigenvalue weighted by atomic mass is 19.2. The molecule has 1 heterocycles. The fourth-order valence-corrected chi connectivity index (χ4v) is 2.77. The number of benzene rings is 1. The van der Waals surface area contributed by atoms with Crippen LogP contribution in [0.4, 0.5) is 8.78 Å². The summed E-state index contributed by atoms with van der Waals surface area (Å²) in [7, 11) is 0. The summed E-state index contributed by atoms with van der Waals surface area (Å²) in [6.07, 6.45) is 1.62. The van der Waals surface area contributed by atoms with Crippen LogP contribution in [-0.4, -0.2) is 22.9 Å². The van der Waals surface area contributed by atoms with Crippen molar-refractivity contribution in [2.45, 2.75) is 44.9 Å². The number of carbonyl (C=O) groups excluding carboxylic acids is 1. The number of nitrogens with zero attached hydrogens (tertiary/aromatic N) is 1. The van der Waals surface area contributed by atoms with Crippen LogP contribution in [0, 0.1) is 17.6 Å². The molecule has 2 fully saturated rings. The van der Waals surface area contributed by atoms with Crippen molar-refractivity contribution in [3.63, 3.8) is 0 Å². The van der Waals surface area contributed by atoms with Crippen molar-refractivity contribution >= 4 is 5.91 Å². The summed E-state index contributed by atoms with van der Waals surface area (Å²) in [4.78, 5) is 14.3. The Balaban J connectivity index is 1.93. The zero-order valence-corrected chi connectivity index (χ0v) is 11.6. The molecule has 3 nitrogen and oxygen atoms in total. The van der Waals surface area contributed by atoms with Crippen LogP contribution in [0.5, 0.6) is 0 Å². The predicted molar refractivity (Wildman–Crippen MR) is 70.7 cm³/mol. The first-order valence-corrected chi connectivity index (χ1v) is 7.02. The lowest BCUT2D eigenvalue weighted by Gasteiger charge is -2.24. The van der Waals surface area contributed by atoms with Gasteiger partial charge in [0, 0.05) is 6.04 Å². The van der Waals surface area contributed by atoms with Crippen molar-refractivity contribution in [2.75, 3.05) is 0 Å². The fourth-order valence-electron chi connectivity index (χ4n) is 2.77. The minimum atomic E-state index is -0.875. The maximum atomic E-state index is 13.4. The molecule has 0 bridgehead atoms. The third kappa shape index (κ3) is 2.20. The van der Waals surface area contributed by atoms with E-state index in [0.717, 1.165) is 18.9 Å². The Bertz CT molecular complexity index is 543. The quantitative estimate of drug-likeness (QED) is 0.923. The highest BCUT2D eigenvalue weighted by Gasteiger charge is 2.47. The van der Waals surface area contributed by atoms with Crippen LogP contribution in [0.1, 0.15) is 38.4 Å². The van der Waals surface area contributed by atoms with Gasteiger partial charge in [0.25, 0.3) is 0 Å². The van der Waals surface area contributed by atoms with Gasteiger partial charge in [-0.15, -0.1) is 0 Å². The molecule has 1 amide bonds. The van der Waals surface area contributed by atoms with E-state index in [0.29, 0.717) is 5.56 Å². The van der Waals surface area contributed by atoms with E-state index < -0.39 is 11.6 Å². The summed E-state index contributed by atoms with van der Waals surface area (Å²) in [5, 5.41) is 3.26. The molecular formula is C15H18F2N2O. The first kappa shape index (κ1) is 13.5. The lowest BCUT2D eigenvalue weighted by molar-refractivity contribution is -0.131. The highest BCUT2D eigenvalue weighted by Crippen LogP contribution is 2.38. The Kier molecular flexibility index (Phi) is 3.24. The number of halogens is 2. The van der Waals surface area contributed by atoms with Gasteiger partial charge in [0.05, 0.1) is 6.04 Å². The molecule has 1 N–H and O–H groups in total. The summed E-state index contributed by atoms with van der Waals surface area (Å²) in [5.74, 6) is -1.51. The Morgan fingerprint density at radius 1 is 1.25 bits per heavy atom. The van der Waals surface area contributed by atoms with Crippen molar-refractivity contribution in [1.82, 2.24) is 10.2 Å². The second-order valence-corrected chi connectivity index (χ2v) is 5.94. The van der Waals surface area contributed by atoms with Crippen molar-refractivity contribution in [1.29, 1.82) is 0 Å². The van der Waals surface area contributed by atoms with Crippen LogP contribution in [-0.2, 0) is 4.79 Å². The third-order valence-electron chi connectivity index (χ3n) is 4.00. The minimum Gasteiger partial charge on any atom is -0.319 e. The van der Waals surface area contributed by atoms with E-state index in [4.69, 9.17) is 0 Å². The normalized spacial score (nSPS) is 26.6. The fraction of sp³-hybridized carbons (Fsp3) is 0.533. The molecule has 1 aromatic carbocycles. The maximum absolute atomic E-state index is 13.4. The van der Waals surface area contributed by atoms with Gasteiger partial charge in [0.15, 0.2) is 11.6 Å². The van der Waals surface area contributed by atoms with E-state index >= 15 is 0 Å². The molecule has 108 valence electrons. The van der Waals surface area contributed by atoms with Gasteiger partial charge in [-0.3, -0.25) is 10.1 Å². The highest BCUT2D eigenvalue weighted by molar-refractivity contribution is 5.85.